The van der Waals surface area contributed by atoms with Crippen LogP contribution in [0.5, 0.6) is 0 Å². The fraction of sp³-hybridized carbons (Fsp3) is 0.250. The number of hydrogen-bond acceptors (Lipinski definition) is 1. The normalized spacial score (nSPS) is 25.0. The van der Waals surface area contributed by atoms with E-state index in [1.54, 1.807) is 0 Å². The zero-order valence-corrected chi connectivity index (χ0v) is 14.5. The summed E-state index contributed by atoms with van der Waals surface area (Å²) in [5, 5.41) is 3.66. The minimum Gasteiger partial charge on any atom is -0.379 e. The number of rotatable bonds is 4. The van der Waals surface area contributed by atoms with Crippen LogP contribution in [-0.2, 0) is 0 Å². The molecule has 0 amide bonds. The summed E-state index contributed by atoms with van der Waals surface area (Å²) in [5.74, 6) is 1.09. The van der Waals surface area contributed by atoms with Crippen molar-refractivity contribution in [2.24, 2.45) is 0 Å². The van der Waals surface area contributed by atoms with Crippen molar-refractivity contribution in [1.29, 1.82) is 0 Å². The second kappa shape index (κ2) is 7.57. The zero-order valence-electron chi connectivity index (χ0n) is 14.5. The molecule has 2 aliphatic rings. The molecule has 25 heavy (non-hydrogen) atoms. The van der Waals surface area contributed by atoms with E-state index in [4.69, 9.17) is 0 Å². The summed E-state index contributed by atoms with van der Waals surface area (Å²) in [6.45, 7) is 0. The summed E-state index contributed by atoms with van der Waals surface area (Å²) in [6.07, 6.45) is 17.0. The molecule has 1 nitrogen and oxygen atoms in total. The Kier molecular flexibility index (Phi) is 4.83. The van der Waals surface area contributed by atoms with E-state index in [0.29, 0.717) is 17.9 Å². The van der Waals surface area contributed by atoms with E-state index in [1.807, 2.05) is 0 Å². The summed E-state index contributed by atoms with van der Waals surface area (Å²) >= 11 is 0. The third-order valence-electron chi connectivity index (χ3n) is 5.26. The molecule has 0 aromatic heterocycles. The van der Waals surface area contributed by atoms with E-state index in [-0.39, 0.29) is 0 Å². The van der Waals surface area contributed by atoms with E-state index in [2.05, 4.69) is 96.4 Å². The molecule has 126 valence electrons. The topological polar surface area (TPSA) is 12.0 Å². The Balaban J connectivity index is 1.37. The predicted octanol–water partition coefficient (Wildman–Crippen LogP) is 6.20. The van der Waals surface area contributed by atoms with Crippen LogP contribution in [0.3, 0.4) is 0 Å². The maximum atomic E-state index is 3.66. The van der Waals surface area contributed by atoms with Gasteiger partial charge in [-0.3, -0.25) is 0 Å². The van der Waals surface area contributed by atoms with Crippen LogP contribution in [0.4, 0.5) is 5.69 Å². The number of nitrogens with one attached hydrogen (secondary N) is 1. The van der Waals surface area contributed by atoms with E-state index < -0.39 is 0 Å². The van der Waals surface area contributed by atoms with Gasteiger partial charge in [-0.05, 0) is 42.5 Å². The average molecular weight is 327 g/mol. The Morgan fingerprint density at radius 2 is 1.48 bits per heavy atom. The number of hydrogen-bond donors (Lipinski definition) is 1. The van der Waals surface area contributed by atoms with Crippen LogP contribution in [0.2, 0.25) is 0 Å². The fourth-order valence-electron chi connectivity index (χ4n) is 3.79. The molecule has 3 atom stereocenters. The Labute approximate surface area is 150 Å². The van der Waals surface area contributed by atoms with Crippen LogP contribution in [0.15, 0.2) is 91.1 Å². The van der Waals surface area contributed by atoms with E-state index in [0.717, 1.165) is 6.42 Å². The first-order valence-electron chi connectivity index (χ1n) is 9.31. The summed E-state index contributed by atoms with van der Waals surface area (Å²) in [7, 11) is 0. The third kappa shape index (κ3) is 3.93. The van der Waals surface area contributed by atoms with Crippen LogP contribution < -0.4 is 5.32 Å². The van der Waals surface area contributed by atoms with Crippen molar-refractivity contribution in [3.05, 3.63) is 102 Å². The Bertz CT molecular complexity index is 768. The monoisotopic (exact) mass is 327 g/mol. The highest BCUT2D eigenvalue weighted by atomic mass is 14.9. The first kappa shape index (κ1) is 16.0. The molecule has 2 aliphatic carbocycles. The predicted molar refractivity (Wildman–Crippen MR) is 107 cm³/mol. The molecule has 3 unspecified atom stereocenters. The van der Waals surface area contributed by atoms with Gasteiger partial charge in [0.1, 0.15) is 0 Å². The molecule has 2 aromatic carbocycles. The lowest BCUT2D eigenvalue weighted by Gasteiger charge is -2.25. The van der Waals surface area contributed by atoms with Gasteiger partial charge in [-0.25, -0.2) is 0 Å². The van der Waals surface area contributed by atoms with Crippen molar-refractivity contribution in [2.45, 2.75) is 37.1 Å². The minimum atomic E-state index is 0.434. The summed E-state index contributed by atoms with van der Waals surface area (Å²) in [5.41, 5.74) is 4.04. The Morgan fingerprint density at radius 1 is 0.680 bits per heavy atom. The van der Waals surface area contributed by atoms with Crippen LogP contribution >= 0.6 is 0 Å². The van der Waals surface area contributed by atoms with Crippen molar-refractivity contribution in [3.63, 3.8) is 0 Å². The molecular weight excluding hydrogens is 302 g/mol. The van der Waals surface area contributed by atoms with Gasteiger partial charge in [-0.15, -0.1) is 0 Å². The third-order valence-corrected chi connectivity index (χ3v) is 5.26. The van der Waals surface area contributed by atoms with Crippen molar-refractivity contribution in [3.8, 4) is 0 Å². The molecular formula is C24H25N. The largest absolute Gasteiger partial charge is 0.379 e. The van der Waals surface area contributed by atoms with Crippen molar-refractivity contribution in [2.75, 3.05) is 5.32 Å². The van der Waals surface area contributed by atoms with Crippen molar-refractivity contribution >= 4 is 5.69 Å². The maximum absolute atomic E-state index is 3.66. The van der Waals surface area contributed by atoms with Gasteiger partial charge in [0.05, 0.1) is 0 Å². The molecule has 0 spiro atoms. The highest BCUT2D eigenvalue weighted by Gasteiger charge is 2.17. The molecule has 4 rings (SSSR count). The fourth-order valence-corrected chi connectivity index (χ4v) is 3.79. The van der Waals surface area contributed by atoms with E-state index >= 15 is 0 Å². The molecule has 0 radical (unpaired) electrons. The van der Waals surface area contributed by atoms with Crippen LogP contribution in [0.1, 0.15) is 42.2 Å². The van der Waals surface area contributed by atoms with Gasteiger partial charge in [0.25, 0.3) is 0 Å². The average Bonchev–Trinajstić information content (AvgIpc) is 2.71. The quantitative estimate of drug-likeness (QED) is 0.659. The Hall–Kier alpha value is -2.54. The first-order chi connectivity index (χ1) is 12.4. The second-order valence-corrected chi connectivity index (χ2v) is 7.01. The van der Waals surface area contributed by atoms with Gasteiger partial charge in [0, 0.05) is 23.6 Å². The number of benzene rings is 2. The number of anilines is 1. The Morgan fingerprint density at radius 3 is 2.16 bits per heavy atom. The SMILES string of the molecule is C1=CCC(c2ccc(NC3C=CC(c4ccccc4)CC3)cc2)C=C1. The van der Waals surface area contributed by atoms with E-state index in [9.17, 15) is 0 Å². The van der Waals surface area contributed by atoms with Crippen molar-refractivity contribution < 1.29 is 0 Å². The van der Waals surface area contributed by atoms with Gasteiger partial charge in [-0.2, -0.15) is 0 Å². The van der Waals surface area contributed by atoms with Gasteiger partial charge < -0.3 is 5.32 Å². The second-order valence-electron chi connectivity index (χ2n) is 7.01. The molecule has 0 heterocycles. The molecule has 2 aromatic rings. The van der Waals surface area contributed by atoms with Gasteiger partial charge in [-0.1, -0.05) is 78.9 Å². The smallest absolute Gasteiger partial charge is 0.0444 e. The van der Waals surface area contributed by atoms with Gasteiger partial charge in [0.15, 0.2) is 0 Å². The van der Waals surface area contributed by atoms with Crippen molar-refractivity contribution in [1.82, 2.24) is 0 Å². The molecule has 0 aliphatic heterocycles. The summed E-state index contributed by atoms with van der Waals surface area (Å²) in [4.78, 5) is 0. The molecule has 1 heteroatoms. The van der Waals surface area contributed by atoms with Crippen LogP contribution in [0.25, 0.3) is 0 Å². The molecule has 0 saturated carbocycles. The molecule has 0 saturated heterocycles. The standard InChI is InChI=1S/C24H25N/c1-3-7-19(8-4-1)21-11-15-23(16-12-21)25-24-17-13-22(14-18-24)20-9-5-2-6-10-20/h1-9,11,13-15,17-18,20-21,23,25H,10,12,16H2. The molecule has 0 fully saturated rings. The maximum Gasteiger partial charge on any atom is 0.0444 e. The molecule has 1 N–H and O–H groups in total. The number of allylic oxidation sites excluding steroid dienone is 5. The summed E-state index contributed by atoms with van der Waals surface area (Å²) < 4.78 is 0. The minimum absolute atomic E-state index is 0.434. The van der Waals surface area contributed by atoms with Crippen LogP contribution in [0, 0.1) is 0 Å². The highest BCUT2D eigenvalue weighted by Crippen LogP contribution is 2.30. The van der Waals surface area contributed by atoms with E-state index in [1.165, 1.54) is 29.7 Å². The lowest BCUT2D eigenvalue weighted by atomic mass is 9.87. The van der Waals surface area contributed by atoms with Crippen LogP contribution in [-0.4, -0.2) is 6.04 Å². The van der Waals surface area contributed by atoms with Gasteiger partial charge >= 0.3 is 0 Å². The highest BCUT2D eigenvalue weighted by molar-refractivity contribution is 5.48. The lowest BCUT2D eigenvalue weighted by Crippen LogP contribution is -2.21. The summed E-state index contributed by atoms with van der Waals surface area (Å²) in [6, 6.07) is 20.2. The molecule has 0 bridgehead atoms. The zero-order chi connectivity index (χ0) is 16.9. The van der Waals surface area contributed by atoms with Gasteiger partial charge in [0.2, 0.25) is 0 Å². The first-order valence-corrected chi connectivity index (χ1v) is 9.31. The lowest BCUT2D eigenvalue weighted by molar-refractivity contribution is 0.616.